The minimum atomic E-state index is -0.664. The summed E-state index contributed by atoms with van der Waals surface area (Å²) in [5.41, 5.74) is 0. The van der Waals surface area contributed by atoms with E-state index >= 15 is 0 Å². The third-order valence-electron chi connectivity index (χ3n) is 16.1. The van der Waals surface area contributed by atoms with Gasteiger partial charge in [0.05, 0.1) is 25.4 Å². The largest absolute Gasteiger partial charge is 0.466 e. The van der Waals surface area contributed by atoms with E-state index < -0.39 is 12.1 Å². The van der Waals surface area contributed by atoms with Gasteiger partial charge in [-0.2, -0.15) is 0 Å². The molecule has 74 heavy (non-hydrogen) atoms. The summed E-state index contributed by atoms with van der Waals surface area (Å²) in [4.78, 5) is 24.6. The van der Waals surface area contributed by atoms with Gasteiger partial charge in [-0.1, -0.05) is 334 Å². The second-order valence-corrected chi connectivity index (χ2v) is 23.5. The SMILES string of the molecule is CCCCCCC/C=C\CCCCCCCC(=O)OCCCCCCCCCCCCCCCCCCCCCCCCCC(=O)NC(CO)C(O)CCCCCCCCCCCCCCCCCCCCCC. The molecule has 0 aromatic carbocycles. The fourth-order valence-corrected chi connectivity index (χ4v) is 10.9. The number of esters is 1. The van der Waals surface area contributed by atoms with E-state index in [1.165, 1.54) is 308 Å². The molecule has 0 saturated carbocycles. The number of carbonyl (C=O) groups is 2. The lowest BCUT2D eigenvalue weighted by molar-refractivity contribution is -0.143. The molecule has 0 aliphatic heterocycles. The topological polar surface area (TPSA) is 95.9 Å². The minimum absolute atomic E-state index is 0.00692. The van der Waals surface area contributed by atoms with Crippen molar-refractivity contribution in [3.8, 4) is 0 Å². The molecule has 0 aromatic rings. The number of allylic oxidation sites excluding steroid dienone is 2. The number of rotatable bonds is 64. The summed E-state index contributed by atoms with van der Waals surface area (Å²) in [6.07, 6.45) is 78.1. The van der Waals surface area contributed by atoms with Crippen LogP contribution < -0.4 is 5.32 Å². The van der Waals surface area contributed by atoms with E-state index in [-0.39, 0.29) is 18.5 Å². The van der Waals surface area contributed by atoms with Crippen LogP contribution in [0.4, 0.5) is 0 Å². The number of ether oxygens (including phenoxy) is 1. The molecule has 0 saturated heterocycles. The number of unbranched alkanes of at least 4 members (excludes halogenated alkanes) is 51. The fourth-order valence-electron chi connectivity index (χ4n) is 10.9. The Bertz CT molecular complexity index is 1110. The summed E-state index contributed by atoms with van der Waals surface area (Å²) < 4.78 is 5.48. The number of aliphatic hydroxyl groups is 2. The fraction of sp³-hybridized carbons (Fsp3) is 0.941. The molecule has 6 heteroatoms. The molecule has 0 aliphatic carbocycles. The molecule has 1 amide bonds. The summed E-state index contributed by atoms with van der Waals surface area (Å²) >= 11 is 0. The molecular formula is C68H133NO5. The zero-order chi connectivity index (χ0) is 53.6. The lowest BCUT2D eigenvalue weighted by Crippen LogP contribution is -2.45. The number of nitrogens with one attached hydrogen (secondary N) is 1. The molecule has 0 aliphatic rings. The van der Waals surface area contributed by atoms with Crippen molar-refractivity contribution in [2.45, 2.75) is 398 Å². The first-order valence-corrected chi connectivity index (χ1v) is 33.9. The Hall–Kier alpha value is -1.40. The van der Waals surface area contributed by atoms with Crippen molar-refractivity contribution >= 4 is 11.9 Å². The van der Waals surface area contributed by atoms with E-state index in [1.54, 1.807) is 0 Å². The van der Waals surface area contributed by atoms with E-state index in [4.69, 9.17) is 4.74 Å². The number of amides is 1. The molecule has 0 spiro atoms. The molecule has 0 bridgehead atoms. The van der Waals surface area contributed by atoms with Gasteiger partial charge in [0.25, 0.3) is 0 Å². The third-order valence-corrected chi connectivity index (χ3v) is 16.1. The van der Waals surface area contributed by atoms with E-state index in [1.807, 2.05) is 0 Å². The molecular weight excluding hydrogens is 911 g/mol. The molecule has 2 atom stereocenters. The summed E-state index contributed by atoms with van der Waals surface area (Å²) in [6, 6.07) is -0.541. The first-order valence-electron chi connectivity index (χ1n) is 33.9. The van der Waals surface area contributed by atoms with Crippen LogP contribution in [-0.4, -0.2) is 47.4 Å². The average Bonchev–Trinajstić information content (AvgIpc) is 3.40. The first-order chi connectivity index (χ1) is 36.5. The second kappa shape index (κ2) is 64.1. The average molecular weight is 1040 g/mol. The van der Waals surface area contributed by atoms with Crippen LogP contribution in [0.5, 0.6) is 0 Å². The molecule has 0 heterocycles. The Morgan fingerprint density at radius 2 is 0.635 bits per heavy atom. The maximum Gasteiger partial charge on any atom is 0.305 e. The summed E-state index contributed by atoms with van der Waals surface area (Å²) in [6.45, 7) is 4.98. The van der Waals surface area contributed by atoms with Crippen molar-refractivity contribution in [1.29, 1.82) is 0 Å². The van der Waals surface area contributed by atoms with Gasteiger partial charge in [-0.15, -0.1) is 0 Å². The van der Waals surface area contributed by atoms with E-state index in [2.05, 4.69) is 31.3 Å². The summed E-state index contributed by atoms with van der Waals surface area (Å²) in [5, 5.41) is 23.4. The molecule has 440 valence electrons. The van der Waals surface area contributed by atoms with Gasteiger partial charge in [-0.3, -0.25) is 9.59 Å². The Kier molecular flexibility index (Phi) is 62.9. The molecule has 0 fully saturated rings. The van der Waals surface area contributed by atoms with Crippen molar-refractivity contribution < 1.29 is 24.5 Å². The lowest BCUT2D eigenvalue weighted by atomic mass is 10.0. The van der Waals surface area contributed by atoms with Gasteiger partial charge in [-0.25, -0.2) is 0 Å². The van der Waals surface area contributed by atoms with E-state index in [0.29, 0.717) is 25.9 Å². The van der Waals surface area contributed by atoms with Gasteiger partial charge in [-0.05, 0) is 51.4 Å². The van der Waals surface area contributed by atoms with Crippen molar-refractivity contribution in [1.82, 2.24) is 5.32 Å². The maximum atomic E-state index is 12.5. The highest BCUT2D eigenvalue weighted by Gasteiger charge is 2.20. The van der Waals surface area contributed by atoms with Crippen LogP contribution in [0.15, 0.2) is 12.2 Å². The van der Waals surface area contributed by atoms with Crippen LogP contribution in [0.1, 0.15) is 386 Å². The van der Waals surface area contributed by atoms with Crippen molar-refractivity contribution in [3.63, 3.8) is 0 Å². The van der Waals surface area contributed by atoms with Gasteiger partial charge in [0, 0.05) is 12.8 Å². The van der Waals surface area contributed by atoms with Gasteiger partial charge in [0.15, 0.2) is 0 Å². The Morgan fingerprint density at radius 1 is 0.365 bits per heavy atom. The lowest BCUT2D eigenvalue weighted by Gasteiger charge is -2.22. The van der Waals surface area contributed by atoms with E-state index in [0.717, 1.165) is 44.9 Å². The number of aliphatic hydroxyl groups excluding tert-OH is 2. The highest BCUT2D eigenvalue weighted by molar-refractivity contribution is 5.76. The molecule has 0 radical (unpaired) electrons. The van der Waals surface area contributed by atoms with E-state index in [9.17, 15) is 19.8 Å². The van der Waals surface area contributed by atoms with Crippen LogP contribution in [0.3, 0.4) is 0 Å². The van der Waals surface area contributed by atoms with Crippen LogP contribution in [0.2, 0.25) is 0 Å². The van der Waals surface area contributed by atoms with Crippen molar-refractivity contribution in [2.75, 3.05) is 13.2 Å². The number of carbonyl (C=O) groups excluding carboxylic acids is 2. The van der Waals surface area contributed by atoms with Crippen molar-refractivity contribution in [3.05, 3.63) is 12.2 Å². The van der Waals surface area contributed by atoms with Crippen molar-refractivity contribution in [2.24, 2.45) is 0 Å². The predicted octanol–water partition coefficient (Wildman–Crippen LogP) is 21.6. The van der Waals surface area contributed by atoms with Gasteiger partial charge in [0.1, 0.15) is 0 Å². The molecule has 3 N–H and O–H groups in total. The Labute approximate surface area is 463 Å². The number of hydrogen-bond donors (Lipinski definition) is 3. The highest BCUT2D eigenvalue weighted by atomic mass is 16.5. The standard InChI is InChI=1S/C68H133NO5/c1-3-5-7-9-11-13-15-17-19-20-21-27-30-33-36-40-44-48-52-56-60-66(71)65(64-70)69-67(72)61-57-53-49-45-41-37-34-31-28-25-23-22-24-26-29-32-35-39-43-47-51-55-59-63-74-68(73)62-58-54-50-46-42-38-18-16-14-12-10-8-6-4-2/h16,18,65-66,70-71H,3-15,17,19-64H2,1-2H3,(H,69,72)/b18-16-. The first kappa shape index (κ1) is 72.6. The Balaban J connectivity index is 3.37. The molecule has 0 aromatic heterocycles. The van der Waals surface area contributed by atoms with Gasteiger partial charge in [0.2, 0.25) is 5.91 Å². The normalized spacial score (nSPS) is 12.5. The predicted molar refractivity (Wildman–Crippen MR) is 324 cm³/mol. The van der Waals surface area contributed by atoms with Crippen LogP contribution in [0.25, 0.3) is 0 Å². The molecule has 2 unspecified atom stereocenters. The van der Waals surface area contributed by atoms with Gasteiger partial charge >= 0.3 is 5.97 Å². The highest BCUT2D eigenvalue weighted by Crippen LogP contribution is 2.19. The van der Waals surface area contributed by atoms with Gasteiger partial charge < -0.3 is 20.3 Å². The molecule has 6 nitrogen and oxygen atoms in total. The van der Waals surface area contributed by atoms with Crippen LogP contribution in [-0.2, 0) is 14.3 Å². The smallest absolute Gasteiger partial charge is 0.305 e. The third kappa shape index (κ3) is 59.8. The quantitative estimate of drug-likeness (QED) is 0.0320. The van der Waals surface area contributed by atoms with Crippen LogP contribution in [0, 0.1) is 0 Å². The maximum absolute atomic E-state index is 12.5. The molecule has 0 rings (SSSR count). The zero-order valence-electron chi connectivity index (χ0n) is 50.4. The Morgan fingerprint density at radius 3 is 0.959 bits per heavy atom. The number of hydrogen-bond acceptors (Lipinski definition) is 5. The minimum Gasteiger partial charge on any atom is -0.466 e. The zero-order valence-corrected chi connectivity index (χ0v) is 50.4. The summed E-state index contributed by atoms with van der Waals surface area (Å²) in [7, 11) is 0. The van der Waals surface area contributed by atoms with Crippen LogP contribution >= 0.6 is 0 Å². The monoisotopic (exact) mass is 1040 g/mol. The second-order valence-electron chi connectivity index (χ2n) is 23.5. The summed E-state index contributed by atoms with van der Waals surface area (Å²) in [5.74, 6) is -0.0232.